The smallest absolute Gasteiger partial charge is 0.338 e. The molecule has 13 heteroatoms. The van der Waals surface area contributed by atoms with Crippen LogP contribution in [0.25, 0.3) is 10.8 Å². The normalized spacial score (nSPS) is 25.8. The molecule has 3 aliphatic heterocycles. The largest absolute Gasteiger partial charge is 0.453 e. The molecule has 0 aromatic heterocycles. The molecule has 2 bridgehead atoms. The van der Waals surface area contributed by atoms with Gasteiger partial charge in [-0.15, -0.1) is 0 Å². The molecule has 6 aromatic rings. The number of benzene rings is 6. The Morgan fingerprint density at radius 3 is 1.77 bits per heavy atom. The number of amides is 1. The van der Waals surface area contributed by atoms with Crippen LogP contribution < -0.4 is 5.32 Å². The van der Waals surface area contributed by atoms with Gasteiger partial charge in [-0.25, -0.2) is 9.59 Å². The van der Waals surface area contributed by atoms with Crippen molar-refractivity contribution in [3.05, 3.63) is 192 Å². The van der Waals surface area contributed by atoms with Gasteiger partial charge in [0, 0.05) is 6.92 Å². The molecular weight excluding hydrogens is 843 g/mol. The zero-order chi connectivity index (χ0) is 45.2. The maximum Gasteiger partial charge on any atom is 0.338 e. The number of fused-ring (bicyclic) bond motifs is 3. The monoisotopic (exact) mass is 893 g/mol. The van der Waals surface area contributed by atoms with Crippen molar-refractivity contribution in [2.75, 3.05) is 13.2 Å². The van der Waals surface area contributed by atoms with E-state index in [1.807, 2.05) is 103 Å². The van der Waals surface area contributed by atoms with Crippen molar-refractivity contribution in [1.82, 2.24) is 5.32 Å². The molecule has 3 fully saturated rings. The summed E-state index contributed by atoms with van der Waals surface area (Å²) in [6, 6.07) is 49.3. The van der Waals surface area contributed by atoms with Gasteiger partial charge in [0.1, 0.15) is 36.6 Å². The first-order valence-electron chi connectivity index (χ1n) is 22.1. The molecule has 1 amide bonds. The second-order valence-electron chi connectivity index (χ2n) is 16.4. The Kier molecular flexibility index (Phi) is 14.5. The predicted octanol–water partition coefficient (Wildman–Crippen LogP) is 7.35. The first-order chi connectivity index (χ1) is 32.4. The molecule has 3 aliphatic rings. The van der Waals surface area contributed by atoms with Gasteiger partial charge in [-0.2, -0.15) is 0 Å². The third-order valence-corrected chi connectivity index (χ3v) is 11.8. The molecule has 10 atom stereocenters. The van der Waals surface area contributed by atoms with E-state index in [-0.39, 0.29) is 38.6 Å². The lowest BCUT2D eigenvalue weighted by Crippen LogP contribution is -2.68. The maximum atomic E-state index is 14.1. The van der Waals surface area contributed by atoms with Crippen LogP contribution in [0.15, 0.2) is 164 Å². The molecule has 13 nitrogen and oxygen atoms in total. The van der Waals surface area contributed by atoms with Crippen molar-refractivity contribution < 1.29 is 57.0 Å². The van der Waals surface area contributed by atoms with Gasteiger partial charge in [0.15, 0.2) is 24.8 Å². The SMILES string of the molecule is CC(=O)N[C@H]1[C@@H](O[C@H]2[C@H](OC(=O)c3ccccc3)[C@@H](OCc3ccccc3)[C@H]3OC[C@@H]2O3)O[C@H](COCc2ccccc2)[C@@H](OCc2ccc3ccccc3c2)[C@@H]1OC(=O)c1ccccc1. The topological polar surface area (TPSA) is 146 Å². The third-order valence-electron chi connectivity index (χ3n) is 11.8. The summed E-state index contributed by atoms with van der Waals surface area (Å²) in [4.78, 5) is 41.3. The highest BCUT2D eigenvalue weighted by atomic mass is 16.8. The van der Waals surface area contributed by atoms with E-state index in [4.69, 9.17) is 42.6 Å². The molecule has 66 heavy (non-hydrogen) atoms. The Morgan fingerprint density at radius 2 is 1.12 bits per heavy atom. The van der Waals surface area contributed by atoms with Crippen LogP contribution in [0, 0.1) is 0 Å². The lowest BCUT2D eigenvalue weighted by Gasteiger charge is -2.48. The molecule has 1 N–H and O–H groups in total. The van der Waals surface area contributed by atoms with Gasteiger partial charge in [-0.1, -0.05) is 133 Å². The minimum Gasteiger partial charge on any atom is -0.453 e. The summed E-state index contributed by atoms with van der Waals surface area (Å²) < 4.78 is 58.7. The summed E-state index contributed by atoms with van der Waals surface area (Å²) in [5.74, 6) is -1.72. The summed E-state index contributed by atoms with van der Waals surface area (Å²) in [7, 11) is 0. The molecule has 3 saturated heterocycles. The van der Waals surface area contributed by atoms with Gasteiger partial charge in [0.2, 0.25) is 5.91 Å². The van der Waals surface area contributed by atoms with Gasteiger partial charge < -0.3 is 47.9 Å². The summed E-state index contributed by atoms with van der Waals surface area (Å²) in [5, 5.41) is 5.07. The fourth-order valence-electron chi connectivity index (χ4n) is 8.54. The van der Waals surface area contributed by atoms with Crippen molar-refractivity contribution in [3.8, 4) is 0 Å². The van der Waals surface area contributed by atoms with Gasteiger partial charge in [-0.05, 0) is 57.8 Å². The highest BCUT2D eigenvalue weighted by Gasteiger charge is 2.58. The average Bonchev–Trinajstić information content (AvgIpc) is 3.79. The van der Waals surface area contributed by atoms with Crippen molar-refractivity contribution in [2.45, 2.75) is 88.1 Å². The van der Waals surface area contributed by atoms with E-state index in [1.165, 1.54) is 6.92 Å². The van der Waals surface area contributed by atoms with Crippen LogP contribution in [0.4, 0.5) is 0 Å². The maximum absolute atomic E-state index is 14.1. The Balaban J connectivity index is 1.07. The Morgan fingerprint density at radius 1 is 0.561 bits per heavy atom. The van der Waals surface area contributed by atoms with Crippen LogP contribution in [0.1, 0.15) is 44.3 Å². The van der Waals surface area contributed by atoms with E-state index >= 15 is 0 Å². The van der Waals surface area contributed by atoms with Gasteiger partial charge in [0.25, 0.3) is 0 Å². The fourth-order valence-corrected chi connectivity index (χ4v) is 8.54. The summed E-state index contributed by atoms with van der Waals surface area (Å²) in [5.41, 5.74) is 3.27. The average molecular weight is 894 g/mol. The molecular formula is C53H51NO12. The highest BCUT2D eigenvalue weighted by molar-refractivity contribution is 5.90. The first kappa shape index (κ1) is 44.9. The lowest BCUT2D eigenvalue weighted by molar-refractivity contribution is -0.325. The van der Waals surface area contributed by atoms with Crippen LogP contribution in [0.3, 0.4) is 0 Å². The number of hydrogen-bond donors (Lipinski definition) is 1. The van der Waals surface area contributed by atoms with Gasteiger partial charge in [0.05, 0.1) is 44.2 Å². The minimum atomic E-state index is -1.35. The van der Waals surface area contributed by atoms with E-state index < -0.39 is 79.2 Å². The summed E-state index contributed by atoms with van der Waals surface area (Å²) >= 11 is 0. The second-order valence-corrected chi connectivity index (χ2v) is 16.4. The van der Waals surface area contributed by atoms with Crippen LogP contribution >= 0.6 is 0 Å². The second kappa shape index (κ2) is 21.3. The van der Waals surface area contributed by atoms with Crippen molar-refractivity contribution in [1.29, 1.82) is 0 Å². The molecule has 0 unspecified atom stereocenters. The van der Waals surface area contributed by atoms with Gasteiger partial charge in [-0.3, -0.25) is 4.79 Å². The minimum absolute atomic E-state index is 0.0334. The predicted molar refractivity (Wildman–Crippen MR) is 241 cm³/mol. The highest BCUT2D eigenvalue weighted by Crippen LogP contribution is 2.38. The summed E-state index contributed by atoms with van der Waals surface area (Å²) in [6.45, 7) is 1.88. The zero-order valence-electron chi connectivity index (χ0n) is 36.3. The zero-order valence-corrected chi connectivity index (χ0v) is 36.3. The number of carbonyl (C=O) groups is 3. The van der Waals surface area contributed by atoms with Crippen LogP contribution in [0.5, 0.6) is 0 Å². The number of ether oxygens (including phenoxy) is 9. The van der Waals surface area contributed by atoms with E-state index in [1.54, 1.807) is 60.7 Å². The molecule has 6 aromatic carbocycles. The number of rotatable bonds is 17. The molecule has 0 spiro atoms. The van der Waals surface area contributed by atoms with Crippen molar-refractivity contribution >= 4 is 28.6 Å². The Labute approximate surface area is 382 Å². The molecule has 3 heterocycles. The molecule has 0 radical (unpaired) electrons. The first-order valence-corrected chi connectivity index (χ1v) is 22.1. The lowest BCUT2D eigenvalue weighted by atomic mass is 9.94. The van der Waals surface area contributed by atoms with E-state index in [0.29, 0.717) is 5.56 Å². The van der Waals surface area contributed by atoms with E-state index in [0.717, 1.165) is 27.5 Å². The molecule has 9 rings (SSSR count). The van der Waals surface area contributed by atoms with Crippen molar-refractivity contribution in [2.24, 2.45) is 0 Å². The van der Waals surface area contributed by atoms with Crippen molar-refractivity contribution in [3.63, 3.8) is 0 Å². The molecule has 340 valence electrons. The number of esters is 2. The number of hydrogen-bond acceptors (Lipinski definition) is 12. The number of carbonyl (C=O) groups excluding carboxylic acids is 3. The van der Waals surface area contributed by atoms with Gasteiger partial charge >= 0.3 is 11.9 Å². The number of nitrogens with one attached hydrogen (secondary N) is 1. The quantitative estimate of drug-likeness (QED) is 0.0914. The summed E-state index contributed by atoms with van der Waals surface area (Å²) in [6.07, 6.45) is -9.31. The van der Waals surface area contributed by atoms with E-state index in [9.17, 15) is 14.4 Å². The Hall–Kier alpha value is -6.29. The van der Waals surface area contributed by atoms with Crippen LogP contribution in [-0.4, -0.2) is 92.4 Å². The third kappa shape index (κ3) is 10.9. The standard InChI is InChI=1S/C53H51NO12/c1-34(55)54-44-47(64-50(56)39-21-10-4-11-22-39)45(59-31-37-26-27-38-20-14-15-25-41(38)28-37)42(32-58-29-35-16-6-2-7-17-35)62-52(44)66-46-43-33-61-53(63-43)49(60-30-36-18-8-3-9-19-36)48(46)65-51(57)40-23-12-5-13-24-40/h2-28,42-49,52-53H,29-33H2,1H3,(H,54,55)/t42-,43+,44-,45-,46-,47-,48+,49-,52-,53+/m1/s1. The van der Waals surface area contributed by atoms with Crippen LogP contribution in [0.2, 0.25) is 0 Å². The molecule has 0 saturated carbocycles. The Bertz CT molecular complexity index is 2530. The van der Waals surface area contributed by atoms with Crippen LogP contribution in [-0.2, 0) is 67.2 Å². The molecule has 0 aliphatic carbocycles. The fraction of sp³-hybridized carbons (Fsp3) is 0.302. The van der Waals surface area contributed by atoms with E-state index in [2.05, 4.69) is 5.32 Å².